The molecule has 0 saturated heterocycles. The number of hydrogen-bond donors (Lipinski definition) is 0. The molecule has 1 heteroatoms. The second kappa shape index (κ2) is 2.25. The fraction of sp³-hybridized carbons (Fsp3) is 0.600. The average Bonchev–Trinajstić information content (AvgIpc) is 1.36. The fourth-order valence-electron chi connectivity index (χ4n) is 0. The first-order valence-electron chi connectivity index (χ1n) is 1.92. The third-order valence-corrected chi connectivity index (χ3v) is 0.988. The topological polar surface area (TPSA) is 0 Å². The highest BCUT2D eigenvalue weighted by Crippen LogP contribution is 2.08. The van der Waals surface area contributed by atoms with E-state index in [-0.39, 0.29) is 0 Å². The van der Waals surface area contributed by atoms with E-state index < -0.39 is 0 Å². The maximum atomic E-state index is 5.31. The molecule has 0 aliphatic rings. The molecule has 0 saturated carbocycles. The van der Waals surface area contributed by atoms with Gasteiger partial charge >= 0.3 is 0 Å². The van der Waals surface area contributed by atoms with Crippen LogP contribution in [0, 0.1) is 12.5 Å². The molecule has 0 nitrogen and oxygen atoms in total. The highest BCUT2D eigenvalue weighted by atomic mass is 35.5. The monoisotopic (exact) mass is 103 g/mol. The van der Waals surface area contributed by atoms with Gasteiger partial charge in [-0.3, -0.25) is 0 Å². The van der Waals surface area contributed by atoms with Crippen LogP contribution in [0.5, 0.6) is 0 Å². The minimum atomic E-state index is 0.312. The predicted octanol–water partition coefficient (Wildman–Crippen LogP) is 2.20. The second-order valence-electron chi connectivity index (χ2n) is 1.54. The Hall–Kier alpha value is 0.0300. The molecule has 0 aromatic carbocycles. The molecule has 0 unspecified atom stereocenters. The normalized spacial score (nSPS) is 9.33. The first-order chi connectivity index (χ1) is 2.64. The highest BCUT2D eigenvalue weighted by molar-refractivity contribution is 6.29. The van der Waals surface area contributed by atoms with E-state index in [1.807, 2.05) is 13.8 Å². The lowest BCUT2D eigenvalue weighted by Gasteiger charge is -1.94. The zero-order chi connectivity index (χ0) is 5.15. The van der Waals surface area contributed by atoms with Gasteiger partial charge in [-0.2, -0.15) is 0 Å². The Balaban J connectivity index is 3.26. The van der Waals surface area contributed by atoms with E-state index in [9.17, 15) is 0 Å². The SMILES string of the molecule is [CH]=C(Cl)C(C)C. The van der Waals surface area contributed by atoms with Gasteiger partial charge in [0.15, 0.2) is 0 Å². The summed E-state index contributed by atoms with van der Waals surface area (Å²) in [6, 6.07) is 0. The average molecular weight is 104 g/mol. The molecule has 35 valence electrons. The van der Waals surface area contributed by atoms with Crippen LogP contribution >= 0.6 is 11.6 Å². The summed E-state index contributed by atoms with van der Waals surface area (Å²) >= 11 is 5.31. The lowest BCUT2D eigenvalue weighted by atomic mass is 10.2. The van der Waals surface area contributed by atoms with E-state index in [2.05, 4.69) is 0 Å². The van der Waals surface area contributed by atoms with Crippen molar-refractivity contribution in [1.82, 2.24) is 0 Å². The molecule has 0 N–H and O–H groups in total. The predicted molar refractivity (Wildman–Crippen MR) is 28.5 cm³/mol. The van der Waals surface area contributed by atoms with Crippen molar-refractivity contribution in [3.8, 4) is 0 Å². The summed E-state index contributed by atoms with van der Waals surface area (Å²) in [5.41, 5.74) is 0. The van der Waals surface area contributed by atoms with E-state index in [4.69, 9.17) is 18.2 Å². The van der Waals surface area contributed by atoms with Crippen LogP contribution in [0.2, 0.25) is 0 Å². The van der Waals surface area contributed by atoms with Gasteiger partial charge in [0.1, 0.15) is 0 Å². The molecule has 0 spiro atoms. The molecule has 0 aliphatic heterocycles. The summed E-state index contributed by atoms with van der Waals surface area (Å²) in [5.74, 6) is 0.312. The van der Waals surface area contributed by atoms with Crippen LogP contribution in [0.1, 0.15) is 13.8 Å². The Morgan fingerprint density at radius 2 is 1.83 bits per heavy atom. The molecule has 0 heterocycles. The summed E-state index contributed by atoms with van der Waals surface area (Å²) in [5, 5.41) is 0.481. The van der Waals surface area contributed by atoms with Gasteiger partial charge in [-0.05, 0) is 12.5 Å². The van der Waals surface area contributed by atoms with Crippen molar-refractivity contribution < 1.29 is 0 Å². The Morgan fingerprint density at radius 1 is 1.67 bits per heavy atom. The maximum Gasteiger partial charge on any atom is 0.0206 e. The van der Waals surface area contributed by atoms with E-state index in [1.165, 1.54) is 0 Å². The van der Waals surface area contributed by atoms with Gasteiger partial charge in [0.25, 0.3) is 0 Å². The number of halogens is 1. The third kappa shape index (κ3) is 2.28. The summed E-state index contributed by atoms with van der Waals surface area (Å²) in [6.07, 6.45) is 0. The van der Waals surface area contributed by atoms with Gasteiger partial charge in [-0.1, -0.05) is 25.4 Å². The van der Waals surface area contributed by atoms with E-state index in [1.54, 1.807) is 0 Å². The zero-order valence-corrected chi connectivity index (χ0v) is 4.79. The van der Waals surface area contributed by atoms with E-state index >= 15 is 0 Å². The van der Waals surface area contributed by atoms with Crippen molar-refractivity contribution in [3.63, 3.8) is 0 Å². The van der Waals surface area contributed by atoms with Crippen molar-refractivity contribution in [1.29, 1.82) is 0 Å². The largest absolute Gasteiger partial charge is 0.0889 e. The molecule has 0 aliphatic carbocycles. The molecule has 0 rings (SSSR count). The molecule has 0 bridgehead atoms. The Morgan fingerprint density at radius 3 is 1.83 bits per heavy atom. The standard InChI is InChI=1S/C5H8Cl/c1-4(2)5(3)6/h3-4H,1-2H3. The van der Waals surface area contributed by atoms with Crippen LogP contribution in [0.15, 0.2) is 5.03 Å². The van der Waals surface area contributed by atoms with Crippen molar-refractivity contribution in [2.45, 2.75) is 13.8 Å². The first-order valence-corrected chi connectivity index (χ1v) is 2.30. The summed E-state index contributed by atoms with van der Waals surface area (Å²) in [4.78, 5) is 0. The van der Waals surface area contributed by atoms with Crippen LogP contribution in [-0.4, -0.2) is 0 Å². The molecule has 0 amide bonds. The lowest BCUT2D eigenvalue weighted by Crippen LogP contribution is -1.80. The summed E-state index contributed by atoms with van der Waals surface area (Å²) in [7, 11) is 0. The Bertz CT molecular complexity index is 55.0. The molecular formula is C5H8Cl. The molecule has 1 radical (unpaired) electrons. The molecule has 0 aromatic heterocycles. The zero-order valence-electron chi connectivity index (χ0n) is 4.03. The fourth-order valence-corrected chi connectivity index (χ4v) is 0. The van der Waals surface area contributed by atoms with Gasteiger partial charge < -0.3 is 0 Å². The van der Waals surface area contributed by atoms with Crippen molar-refractivity contribution >= 4 is 11.6 Å². The molecular weight excluding hydrogens is 95.5 g/mol. The number of rotatable bonds is 1. The minimum Gasteiger partial charge on any atom is -0.0889 e. The van der Waals surface area contributed by atoms with Gasteiger partial charge in [0.2, 0.25) is 0 Å². The maximum absolute atomic E-state index is 5.31. The minimum absolute atomic E-state index is 0.312. The van der Waals surface area contributed by atoms with Crippen molar-refractivity contribution in [3.05, 3.63) is 11.6 Å². The Labute approximate surface area is 43.8 Å². The number of hydrogen-bond acceptors (Lipinski definition) is 0. The summed E-state index contributed by atoms with van der Waals surface area (Å²) in [6.45, 7) is 9.01. The van der Waals surface area contributed by atoms with Crippen LogP contribution in [0.3, 0.4) is 0 Å². The molecule has 0 atom stereocenters. The van der Waals surface area contributed by atoms with E-state index in [0.717, 1.165) is 0 Å². The lowest BCUT2D eigenvalue weighted by molar-refractivity contribution is 0.814. The van der Waals surface area contributed by atoms with Crippen LogP contribution in [0.4, 0.5) is 0 Å². The van der Waals surface area contributed by atoms with Gasteiger partial charge in [-0.25, -0.2) is 0 Å². The smallest absolute Gasteiger partial charge is 0.0206 e. The first kappa shape index (κ1) is 6.03. The highest BCUT2D eigenvalue weighted by Gasteiger charge is 1.90. The van der Waals surface area contributed by atoms with E-state index in [0.29, 0.717) is 11.0 Å². The molecule has 0 aromatic rings. The second-order valence-corrected chi connectivity index (χ2v) is 1.98. The third-order valence-electron chi connectivity index (χ3n) is 0.552. The van der Waals surface area contributed by atoms with Gasteiger partial charge in [0, 0.05) is 5.03 Å². The van der Waals surface area contributed by atoms with Crippen molar-refractivity contribution in [2.75, 3.05) is 0 Å². The van der Waals surface area contributed by atoms with Crippen LogP contribution < -0.4 is 0 Å². The van der Waals surface area contributed by atoms with Crippen molar-refractivity contribution in [2.24, 2.45) is 5.92 Å². The quantitative estimate of drug-likeness (QED) is 0.477. The number of allylic oxidation sites excluding steroid dienone is 1. The van der Waals surface area contributed by atoms with Gasteiger partial charge in [-0.15, -0.1) is 0 Å². The summed E-state index contributed by atoms with van der Waals surface area (Å²) < 4.78 is 0. The van der Waals surface area contributed by atoms with Gasteiger partial charge in [0.05, 0.1) is 0 Å². The molecule has 6 heavy (non-hydrogen) atoms. The van der Waals surface area contributed by atoms with Crippen LogP contribution in [-0.2, 0) is 0 Å². The van der Waals surface area contributed by atoms with Crippen LogP contribution in [0.25, 0.3) is 0 Å². The Kier molecular flexibility index (Phi) is 2.26. The molecule has 0 fully saturated rings.